The fourth-order valence-electron chi connectivity index (χ4n) is 7.31. The maximum atomic E-state index is 14.2. The van der Waals surface area contributed by atoms with Crippen molar-refractivity contribution in [3.63, 3.8) is 0 Å². The maximum Gasteiger partial charge on any atom is 0.308 e. The molecule has 4 aromatic rings. The lowest BCUT2D eigenvalue weighted by Gasteiger charge is -2.48. The number of aliphatic carboxylic acids is 2. The number of carbonyl (C=O) groups is 4. The number of amides is 2. The summed E-state index contributed by atoms with van der Waals surface area (Å²) in [5.74, 6) is -7.74. The summed E-state index contributed by atoms with van der Waals surface area (Å²) in [6, 6.07) is 33.1. The summed E-state index contributed by atoms with van der Waals surface area (Å²) < 4.78 is 11.9. The zero-order chi connectivity index (χ0) is 37.5. The number of benzene rings is 4. The molecule has 0 unspecified atom stereocenters. The Bertz CT molecular complexity index is 1710. The van der Waals surface area contributed by atoms with Crippen LogP contribution >= 0.6 is 0 Å². The number of carbonyl (C=O) groups excluding carboxylic acids is 2. The molecule has 272 valence electrons. The average molecular weight is 707 g/mol. The van der Waals surface area contributed by atoms with Crippen molar-refractivity contribution in [2.45, 2.75) is 64.5 Å². The fourth-order valence-corrected chi connectivity index (χ4v) is 7.31. The SMILES string of the molecule is CCC[C@@](C)(NC(=O)[C@H]1[C@@H](C(=O)O)[C@H](C(=O)O)[C@@H]1C(=O)N[C@](C)(CCC)c1ccc(Oc2ccccc2)cc1)c1ccc(Oc2ccccc2)cc1. The van der Waals surface area contributed by atoms with E-state index in [9.17, 15) is 29.4 Å². The predicted molar refractivity (Wildman–Crippen MR) is 196 cm³/mol. The van der Waals surface area contributed by atoms with Gasteiger partial charge in [-0.15, -0.1) is 0 Å². The van der Waals surface area contributed by atoms with E-state index in [0.717, 1.165) is 11.1 Å². The molecule has 52 heavy (non-hydrogen) atoms. The van der Waals surface area contributed by atoms with E-state index in [0.29, 0.717) is 48.7 Å². The largest absolute Gasteiger partial charge is 0.481 e. The quantitative estimate of drug-likeness (QED) is 0.0919. The van der Waals surface area contributed by atoms with Crippen LogP contribution in [0, 0.1) is 23.7 Å². The van der Waals surface area contributed by atoms with E-state index in [1.165, 1.54) is 0 Å². The molecule has 10 nitrogen and oxygen atoms in total. The van der Waals surface area contributed by atoms with Gasteiger partial charge in [0.2, 0.25) is 11.8 Å². The van der Waals surface area contributed by atoms with Gasteiger partial charge in [-0.2, -0.15) is 0 Å². The molecule has 10 heteroatoms. The Labute approximate surface area is 304 Å². The molecule has 0 spiro atoms. The Kier molecular flexibility index (Phi) is 11.7. The molecule has 6 atom stereocenters. The number of nitrogens with one attached hydrogen (secondary N) is 2. The van der Waals surface area contributed by atoms with E-state index < -0.39 is 58.5 Å². The molecule has 0 saturated heterocycles. The molecule has 4 aromatic carbocycles. The van der Waals surface area contributed by atoms with Gasteiger partial charge in [-0.1, -0.05) is 87.4 Å². The highest BCUT2D eigenvalue weighted by molar-refractivity contribution is 6.00. The van der Waals surface area contributed by atoms with Crippen molar-refractivity contribution < 1.29 is 38.9 Å². The summed E-state index contributed by atoms with van der Waals surface area (Å²) in [5.41, 5.74) is -0.397. The van der Waals surface area contributed by atoms with E-state index >= 15 is 0 Å². The molecule has 1 saturated carbocycles. The molecule has 4 N–H and O–H groups in total. The number of carboxylic acids is 2. The smallest absolute Gasteiger partial charge is 0.308 e. The van der Waals surface area contributed by atoms with Crippen LogP contribution in [0.15, 0.2) is 109 Å². The molecule has 1 fully saturated rings. The number of rotatable bonds is 16. The monoisotopic (exact) mass is 706 g/mol. The average Bonchev–Trinajstić information content (AvgIpc) is 3.09. The van der Waals surface area contributed by atoms with Gasteiger partial charge in [0.05, 0.1) is 34.7 Å². The molecule has 0 radical (unpaired) electrons. The van der Waals surface area contributed by atoms with Crippen molar-refractivity contribution in [1.82, 2.24) is 10.6 Å². The van der Waals surface area contributed by atoms with Crippen LogP contribution in [-0.2, 0) is 30.3 Å². The molecule has 1 aliphatic rings. The lowest BCUT2D eigenvalue weighted by atomic mass is 9.55. The number of hydrogen-bond acceptors (Lipinski definition) is 6. The van der Waals surface area contributed by atoms with E-state index in [2.05, 4.69) is 10.6 Å². The lowest BCUT2D eigenvalue weighted by Crippen LogP contribution is -2.66. The third-order valence-electron chi connectivity index (χ3n) is 9.96. The molecule has 0 bridgehead atoms. The van der Waals surface area contributed by atoms with Crippen LogP contribution in [0.5, 0.6) is 23.0 Å². The zero-order valence-corrected chi connectivity index (χ0v) is 29.9. The molecule has 0 heterocycles. The molecular formula is C42H46N2O8. The lowest BCUT2D eigenvalue weighted by molar-refractivity contribution is -0.182. The second kappa shape index (κ2) is 16.1. The maximum absolute atomic E-state index is 14.2. The highest BCUT2D eigenvalue weighted by Crippen LogP contribution is 2.48. The van der Waals surface area contributed by atoms with Gasteiger partial charge in [0.25, 0.3) is 0 Å². The van der Waals surface area contributed by atoms with Crippen LogP contribution in [-0.4, -0.2) is 34.0 Å². The summed E-state index contributed by atoms with van der Waals surface area (Å²) in [5, 5.41) is 26.4. The van der Waals surface area contributed by atoms with Gasteiger partial charge in [-0.3, -0.25) is 19.2 Å². The van der Waals surface area contributed by atoms with Crippen molar-refractivity contribution in [3.8, 4) is 23.0 Å². The van der Waals surface area contributed by atoms with Crippen LogP contribution < -0.4 is 20.1 Å². The number of carboxylic acid groups (broad SMARTS) is 2. The van der Waals surface area contributed by atoms with E-state index in [4.69, 9.17) is 9.47 Å². The van der Waals surface area contributed by atoms with Crippen LogP contribution in [0.1, 0.15) is 64.5 Å². The summed E-state index contributed by atoms with van der Waals surface area (Å²) in [4.78, 5) is 53.3. The normalized spacial score (nSPS) is 20.2. The van der Waals surface area contributed by atoms with E-state index in [-0.39, 0.29) is 0 Å². The Morgan fingerprint density at radius 1 is 0.519 bits per heavy atom. The molecule has 1 aliphatic carbocycles. The Morgan fingerprint density at radius 2 is 0.827 bits per heavy atom. The highest BCUT2D eigenvalue weighted by atomic mass is 16.5. The third-order valence-corrected chi connectivity index (χ3v) is 9.96. The first-order valence-electron chi connectivity index (χ1n) is 17.7. The van der Waals surface area contributed by atoms with E-state index in [1.807, 2.05) is 113 Å². The molecule has 2 amide bonds. The van der Waals surface area contributed by atoms with Crippen LogP contribution in [0.2, 0.25) is 0 Å². The van der Waals surface area contributed by atoms with Gasteiger partial charge >= 0.3 is 11.9 Å². The number of para-hydroxylation sites is 2. The number of hydrogen-bond donors (Lipinski definition) is 4. The van der Waals surface area contributed by atoms with Crippen molar-refractivity contribution in [2.24, 2.45) is 23.7 Å². The van der Waals surface area contributed by atoms with Gasteiger partial charge < -0.3 is 30.3 Å². The summed E-state index contributed by atoms with van der Waals surface area (Å²) in [6.45, 7) is 7.60. The first kappa shape index (κ1) is 37.6. The van der Waals surface area contributed by atoms with Gasteiger partial charge in [-0.05, 0) is 86.3 Å². The fraction of sp³-hybridized carbons (Fsp3) is 0.333. The first-order chi connectivity index (χ1) is 24.9. The van der Waals surface area contributed by atoms with Gasteiger partial charge in [0, 0.05) is 0 Å². The Balaban J connectivity index is 1.38. The van der Waals surface area contributed by atoms with Crippen LogP contribution in [0.3, 0.4) is 0 Å². The molecule has 0 aliphatic heterocycles. The molecule has 5 rings (SSSR count). The van der Waals surface area contributed by atoms with Gasteiger partial charge in [0.15, 0.2) is 0 Å². The second-order valence-electron chi connectivity index (χ2n) is 13.8. The minimum atomic E-state index is -1.59. The van der Waals surface area contributed by atoms with Gasteiger partial charge in [-0.25, -0.2) is 0 Å². The third kappa shape index (κ3) is 8.28. The van der Waals surface area contributed by atoms with Crippen LogP contribution in [0.4, 0.5) is 0 Å². The Hall–Kier alpha value is -5.64. The van der Waals surface area contributed by atoms with Crippen molar-refractivity contribution in [3.05, 3.63) is 120 Å². The summed E-state index contributed by atoms with van der Waals surface area (Å²) >= 11 is 0. The standard InChI is InChI=1S/C42H46N2O8/c1-5-25-41(3,27-17-21-31(22-18-27)51-29-13-9-7-10-14-29)43-37(45)33-34(36(40(49)50)35(33)39(47)48)38(46)44-42(4,26-6-2)28-19-23-32(24-20-28)52-30-15-11-8-12-16-30/h7-24,33-36H,5-6,25-26H2,1-4H3,(H,43,45)(H,44,46)(H,47,48)(H,49,50)/t33-,34-,35-,36-,41-,42-/m1/s1. The number of ether oxygens (including phenoxy) is 2. The Morgan fingerprint density at radius 3 is 1.12 bits per heavy atom. The molecule has 0 aromatic heterocycles. The summed E-state index contributed by atoms with van der Waals surface area (Å²) in [6.07, 6.45) is 2.36. The van der Waals surface area contributed by atoms with Crippen molar-refractivity contribution in [1.29, 1.82) is 0 Å². The first-order valence-corrected chi connectivity index (χ1v) is 17.7. The topological polar surface area (TPSA) is 151 Å². The second-order valence-corrected chi connectivity index (χ2v) is 13.8. The van der Waals surface area contributed by atoms with Crippen molar-refractivity contribution in [2.75, 3.05) is 0 Å². The molecular weight excluding hydrogens is 660 g/mol. The predicted octanol–water partition coefficient (Wildman–Crippen LogP) is 7.88. The zero-order valence-electron chi connectivity index (χ0n) is 29.9. The van der Waals surface area contributed by atoms with Gasteiger partial charge in [0.1, 0.15) is 23.0 Å². The minimum absolute atomic E-state index is 0.500. The summed E-state index contributed by atoms with van der Waals surface area (Å²) in [7, 11) is 0. The minimum Gasteiger partial charge on any atom is -0.481 e. The van der Waals surface area contributed by atoms with E-state index in [1.54, 1.807) is 24.3 Å². The van der Waals surface area contributed by atoms with Crippen molar-refractivity contribution >= 4 is 23.8 Å². The van der Waals surface area contributed by atoms with Crippen LogP contribution in [0.25, 0.3) is 0 Å². The highest BCUT2D eigenvalue weighted by Gasteiger charge is 2.64.